The van der Waals surface area contributed by atoms with E-state index in [2.05, 4.69) is 15.0 Å². The van der Waals surface area contributed by atoms with Crippen LogP contribution >= 0.6 is 11.6 Å². The summed E-state index contributed by atoms with van der Waals surface area (Å²) in [4.78, 5) is 26.3. The molecule has 1 amide bonds. The Kier molecular flexibility index (Phi) is 9.82. The molecule has 2 unspecified atom stereocenters. The molecule has 0 bridgehead atoms. The molecule has 0 saturated heterocycles. The summed E-state index contributed by atoms with van der Waals surface area (Å²) < 4.78 is 86.2. The van der Waals surface area contributed by atoms with Crippen molar-refractivity contribution >= 4 is 34.4 Å². The molecule has 2 atom stereocenters. The first-order chi connectivity index (χ1) is 20.7. The first-order valence-electron chi connectivity index (χ1n) is 13.5. The van der Waals surface area contributed by atoms with Crippen molar-refractivity contribution in [3.63, 3.8) is 0 Å². The van der Waals surface area contributed by atoms with Gasteiger partial charge in [0.2, 0.25) is 0 Å². The van der Waals surface area contributed by atoms with Crippen LogP contribution in [0.5, 0.6) is 5.75 Å². The van der Waals surface area contributed by atoms with Gasteiger partial charge in [-0.15, -0.1) is 13.2 Å². The number of carboxylic acids is 1. The summed E-state index contributed by atoms with van der Waals surface area (Å²) in [5.41, 5.74) is 0.196. The molecule has 4 rings (SSSR count). The van der Waals surface area contributed by atoms with E-state index in [9.17, 15) is 35.9 Å². The molecule has 44 heavy (non-hydrogen) atoms. The number of alkyl halides is 6. The highest BCUT2D eigenvalue weighted by molar-refractivity contribution is 6.35. The second-order valence-electron chi connectivity index (χ2n) is 10.1. The fourth-order valence-corrected chi connectivity index (χ4v) is 5.58. The predicted octanol–water partition coefficient (Wildman–Crippen LogP) is 8.66. The number of benzene rings is 3. The number of hydrogen-bond acceptors (Lipinski definition) is 3. The molecule has 0 spiro atoms. The highest BCUT2D eigenvalue weighted by atomic mass is 35.5. The Morgan fingerprint density at radius 2 is 1.70 bits per heavy atom. The molecule has 0 aliphatic rings. The number of amides is 1. The van der Waals surface area contributed by atoms with Crippen molar-refractivity contribution in [1.82, 2.24) is 10.3 Å². The number of para-hydroxylation sites is 1. The zero-order valence-electron chi connectivity index (χ0n) is 23.2. The Balaban J connectivity index is 1.88. The topological polar surface area (TPSA) is 91.4 Å². The van der Waals surface area contributed by atoms with Gasteiger partial charge in [-0.2, -0.15) is 13.2 Å². The van der Waals surface area contributed by atoms with Gasteiger partial charge in [-0.05, 0) is 59.4 Å². The fourth-order valence-electron chi connectivity index (χ4n) is 5.35. The maximum absolute atomic E-state index is 14.5. The van der Waals surface area contributed by atoms with E-state index < -0.39 is 47.6 Å². The van der Waals surface area contributed by atoms with E-state index in [1.165, 1.54) is 12.1 Å². The van der Waals surface area contributed by atoms with Gasteiger partial charge in [-0.25, -0.2) is 0 Å². The number of hydrogen-bond donors (Lipinski definition) is 3. The second-order valence-corrected chi connectivity index (χ2v) is 10.5. The van der Waals surface area contributed by atoms with Gasteiger partial charge < -0.3 is 20.1 Å². The third-order valence-corrected chi connectivity index (χ3v) is 7.47. The van der Waals surface area contributed by atoms with Crippen molar-refractivity contribution < 1.29 is 45.8 Å². The monoisotopic (exact) mass is 640 g/mol. The highest BCUT2D eigenvalue weighted by Crippen LogP contribution is 2.49. The molecule has 0 fully saturated rings. The van der Waals surface area contributed by atoms with E-state index in [1.54, 1.807) is 36.5 Å². The lowest BCUT2D eigenvalue weighted by Crippen LogP contribution is -2.26. The quantitative estimate of drug-likeness (QED) is 0.143. The number of halogens is 7. The van der Waals surface area contributed by atoms with Crippen molar-refractivity contribution in [2.75, 3.05) is 6.54 Å². The van der Waals surface area contributed by atoms with Crippen LogP contribution in [0.3, 0.4) is 0 Å². The Morgan fingerprint density at radius 3 is 2.32 bits per heavy atom. The highest BCUT2D eigenvalue weighted by Gasteiger charge is 2.40. The van der Waals surface area contributed by atoms with Gasteiger partial charge in [0.05, 0.1) is 22.5 Å². The molecule has 1 aromatic heterocycles. The van der Waals surface area contributed by atoms with Crippen LogP contribution < -0.4 is 10.1 Å². The third-order valence-electron chi connectivity index (χ3n) is 7.16. The zero-order valence-corrected chi connectivity index (χ0v) is 23.9. The lowest BCUT2D eigenvalue weighted by molar-refractivity contribution is -0.274. The van der Waals surface area contributed by atoms with Crippen LogP contribution in [0.15, 0.2) is 66.9 Å². The molecule has 3 aromatic carbocycles. The van der Waals surface area contributed by atoms with E-state index in [0.29, 0.717) is 46.0 Å². The SMILES string of the molecule is CCCC(c1ccc(C(=O)NCCC(=O)O)cc1)C(c1ccc(OC(F)(F)F)cc1C(F)(F)F)c1c[nH]c2c(Cl)cccc12. The maximum atomic E-state index is 14.5. The van der Waals surface area contributed by atoms with Crippen LogP contribution in [0, 0.1) is 0 Å². The summed E-state index contributed by atoms with van der Waals surface area (Å²) in [5.74, 6) is -4.25. The van der Waals surface area contributed by atoms with Crippen LogP contribution in [-0.4, -0.2) is 34.9 Å². The number of aromatic nitrogens is 1. The fraction of sp³-hybridized carbons (Fsp3) is 0.290. The van der Waals surface area contributed by atoms with E-state index >= 15 is 0 Å². The van der Waals surface area contributed by atoms with Crippen LogP contribution in [0.4, 0.5) is 26.3 Å². The number of aliphatic carboxylic acids is 1. The van der Waals surface area contributed by atoms with Crippen LogP contribution in [0.1, 0.15) is 70.6 Å². The Bertz CT molecular complexity index is 1630. The summed E-state index contributed by atoms with van der Waals surface area (Å²) in [7, 11) is 0. The molecule has 1 heterocycles. The van der Waals surface area contributed by atoms with Crippen molar-refractivity contribution in [2.45, 2.75) is 50.6 Å². The number of carboxylic acid groups (broad SMARTS) is 1. The standard InChI is InChI=1S/C31H27ClF6N2O4/c1-2-4-20(17-7-9-18(10-8-17)29(43)39-14-13-26(41)42)27(23-16-40-28-21(23)5-3-6-25(28)32)22-12-11-19(44-31(36,37)38)15-24(22)30(33,34)35/h3,5-12,15-16,20,27,40H,2,4,13-14H2,1H3,(H,39,43)(H,41,42). The number of carbonyl (C=O) groups is 2. The molecule has 0 saturated carbocycles. The number of aromatic amines is 1. The number of fused-ring (bicyclic) bond motifs is 1. The molecular formula is C31H27ClF6N2O4. The van der Waals surface area contributed by atoms with E-state index in [-0.39, 0.29) is 24.1 Å². The summed E-state index contributed by atoms with van der Waals surface area (Å²) in [5, 5.41) is 12.2. The largest absolute Gasteiger partial charge is 0.573 e. The van der Waals surface area contributed by atoms with Gasteiger partial charge in [0, 0.05) is 29.6 Å². The van der Waals surface area contributed by atoms with Crippen molar-refractivity contribution in [2.24, 2.45) is 0 Å². The number of rotatable bonds is 11. The number of nitrogens with one attached hydrogen (secondary N) is 2. The molecule has 234 valence electrons. The average molecular weight is 641 g/mol. The lowest BCUT2D eigenvalue weighted by Gasteiger charge is -2.31. The van der Waals surface area contributed by atoms with Gasteiger partial charge >= 0.3 is 18.5 Å². The van der Waals surface area contributed by atoms with E-state index in [4.69, 9.17) is 16.7 Å². The molecule has 3 N–H and O–H groups in total. The summed E-state index contributed by atoms with van der Waals surface area (Å²) in [6, 6.07) is 13.4. The molecule has 13 heteroatoms. The van der Waals surface area contributed by atoms with Crippen LogP contribution in [-0.2, 0) is 11.0 Å². The molecule has 0 aliphatic heterocycles. The van der Waals surface area contributed by atoms with E-state index in [0.717, 1.165) is 12.1 Å². The molecule has 0 radical (unpaired) electrons. The molecule has 0 aliphatic carbocycles. The van der Waals surface area contributed by atoms with Gasteiger partial charge in [-0.3, -0.25) is 9.59 Å². The average Bonchev–Trinajstić information content (AvgIpc) is 3.37. The first-order valence-corrected chi connectivity index (χ1v) is 13.9. The van der Waals surface area contributed by atoms with Gasteiger partial charge in [0.1, 0.15) is 5.75 Å². The number of H-pyrrole nitrogens is 1. The third kappa shape index (κ3) is 7.65. The first kappa shape index (κ1) is 32.7. The zero-order chi connectivity index (χ0) is 32.2. The van der Waals surface area contributed by atoms with Gasteiger partial charge in [-0.1, -0.05) is 55.3 Å². The van der Waals surface area contributed by atoms with Crippen LogP contribution in [0.25, 0.3) is 10.9 Å². The van der Waals surface area contributed by atoms with Gasteiger partial charge in [0.25, 0.3) is 5.91 Å². The number of carbonyl (C=O) groups excluding carboxylic acids is 1. The van der Waals surface area contributed by atoms with Crippen molar-refractivity contribution in [1.29, 1.82) is 0 Å². The van der Waals surface area contributed by atoms with Crippen molar-refractivity contribution in [3.8, 4) is 5.75 Å². The normalized spacial score (nSPS) is 13.5. The Labute approximate surface area is 253 Å². The summed E-state index contributed by atoms with van der Waals surface area (Å²) >= 11 is 6.36. The Morgan fingerprint density at radius 1 is 1.00 bits per heavy atom. The Hall–Kier alpha value is -4.19. The lowest BCUT2D eigenvalue weighted by atomic mass is 9.73. The minimum atomic E-state index is -5.19. The van der Waals surface area contributed by atoms with Crippen molar-refractivity contribution in [3.05, 3.63) is 99.7 Å². The molecule has 6 nitrogen and oxygen atoms in total. The van der Waals surface area contributed by atoms with Gasteiger partial charge in [0.15, 0.2) is 0 Å². The minimum Gasteiger partial charge on any atom is -0.481 e. The summed E-state index contributed by atoms with van der Waals surface area (Å²) in [6.07, 6.45) is -8.03. The summed E-state index contributed by atoms with van der Waals surface area (Å²) in [6.45, 7) is 1.76. The molecular weight excluding hydrogens is 614 g/mol. The smallest absolute Gasteiger partial charge is 0.481 e. The second kappa shape index (κ2) is 13.2. The minimum absolute atomic E-state index is 0.0894. The molecule has 4 aromatic rings. The number of ether oxygens (including phenoxy) is 1. The maximum Gasteiger partial charge on any atom is 0.573 e. The predicted molar refractivity (Wildman–Crippen MR) is 152 cm³/mol. The van der Waals surface area contributed by atoms with Crippen LogP contribution in [0.2, 0.25) is 5.02 Å². The van der Waals surface area contributed by atoms with E-state index in [1.807, 2.05) is 6.92 Å².